The van der Waals surface area contributed by atoms with Crippen LogP contribution in [0.3, 0.4) is 0 Å². The molecule has 2 rings (SSSR count). The lowest BCUT2D eigenvalue weighted by Crippen LogP contribution is -1.94. The van der Waals surface area contributed by atoms with E-state index in [2.05, 4.69) is 18.2 Å². The van der Waals surface area contributed by atoms with E-state index in [-0.39, 0.29) is 0 Å². The average Bonchev–Trinajstić information content (AvgIpc) is 2.62. The van der Waals surface area contributed by atoms with E-state index >= 15 is 0 Å². The highest BCUT2D eigenvalue weighted by molar-refractivity contribution is 5.42. The van der Waals surface area contributed by atoms with Crippen molar-refractivity contribution in [2.24, 2.45) is 0 Å². The van der Waals surface area contributed by atoms with Gasteiger partial charge in [-0.3, -0.25) is 0 Å². The summed E-state index contributed by atoms with van der Waals surface area (Å²) in [6.45, 7) is 1.98. The summed E-state index contributed by atoms with van der Waals surface area (Å²) < 4.78 is 0. The molecule has 1 aromatic rings. The Kier molecular flexibility index (Phi) is 2.09. The second-order valence-corrected chi connectivity index (χ2v) is 3.60. The number of aromatic hydroxyl groups is 1. The van der Waals surface area contributed by atoms with Crippen molar-refractivity contribution >= 4 is 0 Å². The first-order valence-corrected chi connectivity index (χ1v) is 4.74. The zero-order valence-corrected chi connectivity index (χ0v) is 7.83. The Morgan fingerprint density at radius 3 is 2.92 bits per heavy atom. The maximum Gasteiger partial charge on any atom is 0.118 e. The van der Waals surface area contributed by atoms with Gasteiger partial charge < -0.3 is 5.11 Å². The summed E-state index contributed by atoms with van der Waals surface area (Å²) in [5.74, 6) is 0.935. The Bertz CT molecular complexity index is 339. The summed E-state index contributed by atoms with van der Waals surface area (Å²) in [4.78, 5) is 0. The number of allylic oxidation sites excluding steroid dienone is 2. The van der Waals surface area contributed by atoms with Crippen LogP contribution in [0.4, 0.5) is 0 Å². The molecule has 1 atom stereocenters. The van der Waals surface area contributed by atoms with E-state index in [0.717, 1.165) is 5.56 Å². The first-order chi connectivity index (χ1) is 6.29. The summed E-state index contributed by atoms with van der Waals surface area (Å²) in [5.41, 5.74) is 2.30. The molecule has 0 aromatic heterocycles. The van der Waals surface area contributed by atoms with Crippen LogP contribution in [0, 0.1) is 6.92 Å². The largest absolute Gasteiger partial charge is 0.508 e. The molecule has 0 amide bonds. The third-order valence-corrected chi connectivity index (χ3v) is 2.76. The summed E-state index contributed by atoms with van der Waals surface area (Å²) in [5, 5.41) is 9.54. The van der Waals surface area contributed by atoms with Crippen molar-refractivity contribution in [3.8, 4) is 5.75 Å². The van der Waals surface area contributed by atoms with E-state index < -0.39 is 0 Å². The average molecular weight is 174 g/mol. The predicted molar refractivity (Wildman–Crippen MR) is 54.0 cm³/mol. The van der Waals surface area contributed by atoms with Gasteiger partial charge in [-0.25, -0.2) is 0 Å². The van der Waals surface area contributed by atoms with Gasteiger partial charge >= 0.3 is 0 Å². The summed E-state index contributed by atoms with van der Waals surface area (Å²) in [6, 6.07) is 5.77. The third-order valence-electron chi connectivity index (χ3n) is 2.76. The van der Waals surface area contributed by atoms with Crippen LogP contribution in [0.15, 0.2) is 30.4 Å². The number of rotatable bonds is 1. The van der Waals surface area contributed by atoms with Crippen molar-refractivity contribution in [2.45, 2.75) is 25.7 Å². The molecule has 1 heteroatoms. The fraction of sp³-hybridized carbons (Fsp3) is 0.333. The zero-order valence-electron chi connectivity index (χ0n) is 7.83. The van der Waals surface area contributed by atoms with Crippen molar-refractivity contribution in [1.29, 1.82) is 0 Å². The Balaban J connectivity index is 2.39. The molecule has 0 heterocycles. The van der Waals surface area contributed by atoms with Crippen molar-refractivity contribution in [1.82, 2.24) is 0 Å². The fourth-order valence-corrected chi connectivity index (χ4v) is 1.93. The summed E-state index contributed by atoms with van der Waals surface area (Å²) in [7, 11) is 0. The van der Waals surface area contributed by atoms with Gasteiger partial charge in [-0.05, 0) is 37.0 Å². The normalized spacial score (nSPS) is 20.8. The van der Waals surface area contributed by atoms with Crippen LogP contribution in [0.2, 0.25) is 0 Å². The molecule has 1 aromatic carbocycles. The molecule has 1 unspecified atom stereocenters. The highest BCUT2D eigenvalue weighted by Crippen LogP contribution is 2.33. The predicted octanol–water partition coefficient (Wildman–Crippen LogP) is 3.13. The first kappa shape index (κ1) is 8.36. The molecule has 13 heavy (non-hydrogen) atoms. The minimum absolute atomic E-state index is 0.415. The molecular formula is C12H14O. The molecule has 0 saturated heterocycles. The van der Waals surface area contributed by atoms with Gasteiger partial charge in [0.15, 0.2) is 0 Å². The Hall–Kier alpha value is -1.24. The number of benzene rings is 1. The fourth-order valence-electron chi connectivity index (χ4n) is 1.93. The van der Waals surface area contributed by atoms with Crippen LogP contribution >= 0.6 is 0 Å². The molecule has 1 N–H and O–H groups in total. The molecule has 0 spiro atoms. The zero-order chi connectivity index (χ0) is 9.26. The monoisotopic (exact) mass is 174 g/mol. The standard InChI is InChI=1S/C12H14O/c1-9-11(7-4-8-12(9)13)10-5-2-3-6-10/h2,4-5,7-8,10,13H,3,6H2,1H3. The topological polar surface area (TPSA) is 20.2 Å². The lowest BCUT2D eigenvalue weighted by molar-refractivity contribution is 0.469. The molecule has 1 aliphatic carbocycles. The third kappa shape index (κ3) is 1.46. The van der Waals surface area contributed by atoms with Crippen molar-refractivity contribution in [3.05, 3.63) is 41.5 Å². The van der Waals surface area contributed by atoms with Crippen molar-refractivity contribution in [3.63, 3.8) is 0 Å². The Labute approximate surface area is 78.7 Å². The van der Waals surface area contributed by atoms with Crippen LogP contribution in [0.25, 0.3) is 0 Å². The molecular weight excluding hydrogens is 160 g/mol. The van der Waals surface area contributed by atoms with Crippen LogP contribution in [0.1, 0.15) is 29.9 Å². The molecule has 1 nitrogen and oxygen atoms in total. The minimum Gasteiger partial charge on any atom is -0.508 e. The van der Waals surface area contributed by atoms with Gasteiger partial charge in [0, 0.05) is 5.92 Å². The minimum atomic E-state index is 0.415. The van der Waals surface area contributed by atoms with Gasteiger partial charge in [0.2, 0.25) is 0 Å². The number of phenols is 1. The van der Waals surface area contributed by atoms with Crippen LogP contribution in [-0.4, -0.2) is 5.11 Å². The first-order valence-electron chi connectivity index (χ1n) is 4.74. The molecule has 0 aliphatic heterocycles. The molecule has 0 fully saturated rings. The van der Waals surface area contributed by atoms with E-state index in [1.54, 1.807) is 6.07 Å². The van der Waals surface area contributed by atoms with E-state index in [1.807, 2.05) is 13.0 Å². The van der Waals surface area contributed by atoms with Gasteiger partial charge in [-0.1, -0.05) is 24.3 Å². The smallest absolute Gasteiger partial charge is 0.118 e. The highest BCUT2D eigenvalue weighted by atomic mass is 16.3. The number of phenolic OH excluding ortho intramolecular Hbond substituents is 1. The van der Waals surface area contributed by atoms with E-state index in [9.17, 15) is 5.11 Å². The number of hydrogen-bond donors (Lipinski definition) is 1. The Morgan fingerprint density at radius 1 is 1.38 bits per heavy atom. The van der Waals surface area contributed by atoms with Gasteiger partial charge in [0.05, 0.1) is 0 Å². The molecule has 0 radical (unpaired) electrons. The molecule has 0 saturated carbocycles. The van der Waals surface area contributed by atoms with Gasteiger partial charge in [0.1, 0.15) is 5.75 Å². The van der Waals surface area contributed by atoms with Crippen LogP contribution in [0.5, 0.6) is 5.75 Å². The SMILES string of the molecule is Cc1c(O)cccc1C1C=CCC1. The Morgan fingerprint density at radius 2 is 2.23 bits per heavy atom. The lowest BCUT2D eigenvalue weighted by atomic mass is 9.94. The summed E-state index contributed by atoms with van der Waals surface area (Å²) >= 11 is 0. The van der Waals surface area contributed by atoms with Crippen LogP contribution < -0.4 is 0 Å². The second-order valence-electron chi connectivity index (χ2n) is 3.60. The summed E-state index contributed by atoms with van der Waals surface area (Å²) in [6.07, 6.45) is 6.81. The van der Waals surface area contributed by atoms with Gasteiger partial charge in [0.25, 0.3) is 0 Å². The van der Waals surface area contributed by atoms with Crippen LogP contribution in [-0.2, 0) is 0 Å². The maximum absolute atomic E-state index is 9.54. The molecule has 0 bridgehead atoms. The maximum atomic E-state index is 9.54. The lowest BCUT2D eigenvalue weighted by Gasteiger charge is -2.12. The van der Waals surface area contributed by atoms with Crippen molar-refractivity contribution < 1.29 is 5.11 Å². The molecule has 68 valence electrons. The van der Waals surface area contributed by atoms with E-state index in [0.29, 0.717) is 11.7 Å². The van der Waals surface area contributed by atoms with Crippen molar-refractivity contribution in [2.75, 3.05) is 0 Å². The number of hydrogen-bond acceptors (Lipinski definition) is 1. The highest BCUT2D eigenvalue weighted by Gasteiger charge is 2.14. The van der Waals surface area contributed by atoms with Gasteiger partial charge in [-0.2, -0.15) is 0 Å². The molecule has 1 aliphatic rings. The van der Waals surface area contributed by atoms with E-state index in [4.69, 9.17) is 0 Å². The quantitative estimate of drug-likeness (QED) is 0.648. The van der Waals surface area contributed by atoms with Gasteiger partial charge in [-0.15, -0.1) is 0 Å². The second kappa shape index (κ2) is 3.25. The van der Waals surface area contributed by atoms with E-state index in [1.165, 1.54) is 18.4 Å².